The van der Waals surface area contributed by atoms with Crippen molar-refractivity contribution < 1.29 is 4.79 Å². The minimum absolute atomic E-state index is 0.0358. The molecule has 0 saturated heterocycles. The molecule has 0 N–H and O–H groups in total. The molecule has 2 nitrogen and oxygen atoms in total. The number of carbonyl (C=O) groups excluding carboxylic acids is 1. The molecular formula is C16H25NO. The molecule has 18 heavy (non-hydrogen) atoms. The second kappa shape index (κ2) is 6.58. The van der Waals surface area contributed by atoms with Gasteiger partial charge in [0.2, 0.25) is 5.91 Å². The molecule has 2 heteroatoms. The number of anilines is 1. The van der Waals surface area contributed by atoms with Crippen LogP contribution in [-0.2, 0) is 4.79 Å². The van der Waals surface area contributed by atoms with Crippen molar-refractivity contribution in [2.75, 3.05) is 11.4 Å². The Hall–Kier alpha value is -1.31. The number of hydrogen-bond acceptors (Lipinski definition) is 1. The molecule has 0 heterocycles. The van der Waals surface area contributed by atoms with Crippen LogP contribution in [0.5, 0.6) is 0 Å². The zero-order valence-corrected chi connectivity index (χ0v) is 12.2. The Balaban J connectivity index is 3.04. The van der Waals surface area contributed by atoms with Crippen LogP contribution in [0.2, 0.25) is 0 Å². The maximum atomic E-state index is 12.4. The second-order valence-corrected chi connectivity index (χ2v) is 5.40. The van der Waals surface area contributed by atoms with E-state index in [-0.39, 0.29) is 11.8 Å². The first-order valence-electron chi connectivity index (χ1n) is 6.84. The van der Waals surface area contributed by atoms with Crippen molar-refractivity contribution >= 4 is 11.6 Å². The van der Waals surface area contributed by atoms with Gasteiger partial charge < -0.3 is 4.90 Å². The maximum Gasteiger partial charge on any atom is 0.229 e. The maximum absolute atomic E-state index is 12.4. The number of rotatable bonds is 5. The molecule has 0 bridgehead atoms. The number of carbonyl (C=O) groups is 1. The fraction of sp³-hybridized carbons (Fsp3) is 0.562. The lowest BCUT2D eigenvalue weighted by Gasteiger charge is -2.28. The van der Waals surface area contributed by atoms with Crippen LogP contribution in [0.1, 0.15) is 39.7 Å². The van der Waals surface area contributed by atoms with Gasteiger partial charge >= 0.3 is 0 Å². The van der Waals surface area contributed by atoms with E-state index in [2.05, 4.69) is 26.8 Å². The van der Waals surface area contributed by atoms with Crippen molar-refractivity contribution in [2.24, 2.45) is 11.8 Å². The van der Waals surface area contributed by atoms with Gasteiger partial charge in [-0.3, -0.25) is 4.79 Å². The predicted octanol–water partition coefficient (Wildman–Crippen LogP) is 4.03. The molecule has 0 aliphatic rings. The molecule has 1 amide bonds. The number of benzene rings is 1. The van der Waals surface area contributed by atoms with E-state index < -0.39 is 0 Å². The molecule has 0 saturated carbocycles. The number of hydrogen-bond donors (Lipinski definition) is 0. The minimum Gasteiger partial charge on any atom is -0.312 e. The van der Waals surface area contributed by atoms with E-state index in [4.69, 9.17) is 0 Å². The molecule has 1 aromatic carbocycles. The molecule has 0 aromatic heterocycles. The molecule has 0 fully saturated rings. The summed E-state index contributed by atoms with van der Waals surface area (Å²) in [7, 11) is 0. The fourth-order valence-electron chi connectivity index (χ4n) is 1.93. The first-order chi connectivity index (χ1) is 8.47. The average molecular weight is 247 g/mol. The van der Waals surface area contributed by atoms with Crippen LogP contribution in [0.4, 0.5) is 5.69 Å². The van der Waals surface area contributed by atoms with Crippen molar-refractivity contribution in [3.05, 3.63) is 29.8 Å². The zero-order chi connectivity index (χ0) is 13.7. The molecular weight excluding hydrogens is 222 g/mol. The lowest BCUT2D eigenvalue weighted by Crippen LogP contribution is -2.38. The first kappa shape index (κ1) is 14.7. The zero-order valence-electron chi connectivity index (χ0n) is 12.2. The highest BCUT2D eigenvalue weighted by molar-refractivity contribution is 5.95. The van der Waals surface area contributed by atoms with Crippen molar-refractivity contribution in [1.29, 1.82) is 0 Å². The summed E-state index contributed by atoms with van der Waals surface area (Å²) in [5.74, 6) is 0.769. The third-order valence-electron chi connectivity index (χ3n) is 3.36. The van der Waals surface area contributed by atoms with Gasteiger partial charge in [-0.1, -0.05) is 52.3 Å². The van der Waals surface area contributed by atoms with E-state index in [1.807, 2.05) is 36.9 Å². The van der Waals surface area contributed by atoms with Crippen LogP contribution in [0.25, 0.3) is 0 Å². The van der Waals surface area contributed by atoms with Gasteiger partial charge in [0.1, 0.15) is 0 Å². The van der Waals surface area contributed by atoms with Crippen LogP contribution in [0.15, 0.2) is 24.3 Å². The van der Waals surface area contributed by atoms with Crippen LogP contribution in [0.3, 0.4) is 0 Å². The predicted molar refractivity (Wildman–Crippen MR) is 77.8 cm³/mol. The van der Waals surface area contributed by atoms with Gasteiger partial charge in [0.15, 0.2) is 0 Å². The standard InChI is InChI=1S/C16H25NO/c1-6-13(4)11-17(16(18)12(2)3)15-10-8-7-9-14(15)5/h7-10,12-13H,6,11H2,1-5H3. The summed E-state index contributed by atoms with van der Waals surface area (Å²) in [4.78, 5) is 14.3. The lowest BCUT2D eigenvalue weighted by atomic mass is 10.0. The highest BCUT2D eigenvalue weighted by atomic mass is 16.2. The molecule has 1 rings (SSSR count). The number of amides is 1. The third-order valence-corrected chi connectivity index (χ3v) is 3.36. The topological polar surface area (TPSA) is 20.3 Å². The second-order valence-electron chi connectivity index (χ2n) is 5.40. The van der Waals surface area contributed by atoms with Gasteiger partial charge in [-0.25, -0.2) is 0 Å². The summed E-state index contributed by atoms with van der Waals surface area (Å²) >= 11 is 0. The Morgan fingerprint density at radius 1 is 1.22 bits per heavy atom. The molecule has 0 aliphatic heterocycles. The van der Waals surface area contributed by atoms with E-state index in [0.717, 1.165) is 24.2 Å². The largest absolute Gasteiger partial charge is 0.312 e. The van der Waals surface area contributed by atoms with Crippen LogP contribution >= 0.6 is 0 Å². The summed E-state index contributed by atoms with van der Waals surface area (Å²) in [5, 5.41) is 0. The molecule has 1 atom stereocenters. The van der Waals surface area contributed by atoms with Crippen molar-refractivity contribution in [2.45, 2.75) is 41.0 Å². The lowest BCUT2D eigenvalue weighted by molar-refractivity contribution is -0.121. The summed E-state index contributed by atoms with van der Waals surface area (Å²) in [6, 6.07) is 8.12. The Bertz CT molecular complexity index is 398. The quantitative estimate of drug-likeness (QED) is 0.769. The SMILES string of the molecule is CCC(C)CN(C(=O)C(C)C)c1ccccc1C. The smallest absolute Gasteiger partial charge is 0.229 e. The monoisotopic (exact) mass is 247 g/mol. The summed E-state index contributed by atoms with van der Waals surface area (Å²) in [6.45, 7) is 11.2. The van der Waals surface area contributed by atoms with E-state index in [1.165, 1.54) is 0 Å². The molecule has 0 aliphatic carbocycles. The van der Waals surface area contributed by atoms with E-state index in [1.54, 1.807) is 0 Å². The van der Waals surface area contributed by atoms with Gasteiger partial charge in [-0.2, -0.15) is 0 Å². The number of para-hydroxylation sites is 1. The van der Waals surface area contributed by atoms with Crippen molar-refractivity contribution in [1.82, 2.24) is 0 Å². The summed E-state index contributed by atoms with van der Waals surface area (Å²) in [6.07, 6.45) is 1.09. The Morgan fingerprint density at radius 3 is 2.33 bits per heavy atom. The fourth-order valence-corrected chi connectivity index (χ4v) is 1.93. The molecule has 1 aromatic rings. The molecule has 0 radical (unpaired) electrons. The highest BCUT2D eigenvalue weighted by Crippen LogP contribution is 2.23. The van der Waals surface area contributed by atoms with Crippen molar-refractivity contribution in [3.8, 4) is 0 Å². The summed E-state index contributed by atoms with van der Waals surface area (Å²) < 4.78 is 0. The Kier molecular flexibility index (Phi) is 5.39. The van der Waals surface area contributed by atoms with Crippen molar-refractivity contribution in [3.63, 3.8) is 0 Å². The highest BCUT2D eigenvalue weighted by Gasteiger charge is 2.21. The number of aryl methyl sites for hydroxylation is 1. The Morgan fingerprint density at radius 2 is 1.83 bits per heavy atom. The van der Waals surface area contributed by atoms with E-state index >= 15 is 0 Å². The molecule has 1 unspecified atom stereocenters. The van der Waals surface area contributed by atoms with Crippen LogP contribution < -0.4 is 4.90 Å². The van der Waals surface area contributed by atoms with Gasteiger partial charge in [0, 0.05) is 18.2 Å². The molecule has 100 valence electrons. The number of nitrogens with zero attached hydrogens (tertiary/aromatic N) is 1. The Labute approximate surface area is 111 Å². The minimum atomic E-state index is 0.0358. The third kappa shape index (κ3) is 3.59. The van der Waals surface area contributed by atoms with Gasteiger partial charge in [-0.05, 0) is 24.5 Å². The normalized spacial score (nSPS) is 12.6. The molecule has 0 spiro atoms. The van der Waals surface area contributed by atoms with Gasteiger partial charge in [0.05, 0.1) is 0 Å². The first-order valence-corrected chi connectivity index (χ1v) is 6.84. The van der Waals surface area contributed by atoms with Gasteiger partial charge in [0.25, 0.3) is 0 Å². The van der Waals surface area contributed by atoms with Gasteiger partial charge in [-0.15, -0.1) is 0 Å². The van der Waals surface area contributed by atoms with E-state index in [9.17, 15) is 4.79 Å². The van der Waals surface area contributed by atoms with E-state index in [0.29, 0.717) is 5.92 Å². The van der Waals surface area contributed by atoms with Crippen LogP contribution in [0, 0.1) is 18.8 Å². The van der Waals surface area contributed by atoms with Crippen LogP contribution in [-0.4, -0.2) is 12.5 Å². The average Bonchev–Trinajstić information content (AvgIpc) is 2.35. The summed E-state index contributed by atoms with van der Waals surface area (Å²) in [5.41, 5.74) is 2.21.